The molecule has 0 bridgehead atoms. The number of hydrogen-bond donors (Lipinski definition) is 1. The van der Waals surface area contributed by atoms with Gasteiger partial charge in [0.05, 0.1) is 26.3 Å². The minimum absolute atomic E-state index is 0.226. The van der Waals surface area contributed by atoms with E-state index in [9.17, 15) is 4.79 Å². The lowest BCUT2D eigenvalue weighted by molar-refractivity contribution is 0.0947. The molecule has 1 heterocycles. The molecular formula is C19H20N4O3. The summed E-state index contributed by atoms with van der Waals surface area (Å²) in [7, 11) is 3.06. The van der Waals surface area contributed by atoms with Gasteiger partial charge in [-0.15, -0.1) is 0 Å². The van der Waals surface area contributed by atoms with Crippen LogP contribution in [0.15, 0.2) is 55.1 Å². The fraction of sp³-hybridized carbons (Fsp3) is 0.211. The van der Waals surface area contributed by atoms with Gasteiger partial charge >= 0.3 is 0 Å². The first-order valence-electron chi connectivity index (χ1n) is 8.11. The van der Waals surface area contributed by atoms with E-state index in [1.165, 1.54) is 13.4 Å². The van der Waals surface area contributed by atoms with Gasteiger partial charge in [0.15, 0.2) is 11.5 Å². The second-order valence-electron chi connectivity index (χ2n) is 5.59. The molecule has 1 aromatic heterocycles. The molecule has 0 spiro atoms. The number of rotatable bonds is 7. The number of amides is 1. The Hall–Kier alpha value is -3.35. The summed E-state index contributed by atoms with van der Waals surface area (Å²) in [5.74, 6) is 0.714. The molecule has 26 heavy (non-hydrogen) atoms. The fourth-order valence-electron chi connectivity index (χ4n) is 2.71. The molecule has 7 heteroatoms. The van der Waals surface area contributed by atoms with Gasteiger partial charge in [0.1, 0.15) is 12.7 Å². The highest BCUT2D eigenvalue weighted by atomic mass is 16.5. The Labute approximate surface area is 151 Å². The zero-order valence-electron chi connectivity index (χ0n) is 14.7. The zero-order valence-corrected chi connectivity index (χ0v) is 14.7. The number of para-hydroxylation sites is 1. The van der Waals surface area contributed by atoms with Crippen molar-refractivity contribution in [2.45, 2.75) is 13.1 Å². The summed E-state index contributed by atoms with van der Waals surface area (Å²) in [6.45, 7) is 0.985. The third kappa shape index (κ3) is 3.83. The summed E-state index contributed by atoms with van der Waals surface area (Å²) in [4.78, 5) is 16.6. The largest absolute Gasteiger partial charge is 0.493 e. The van der Waals surface area contributed by atoms with E-state index < -0.39 is 0 Å². The van der Waals surface area contributed by atoms with Crippen molar-refractivity contribution in [2.24, 2.45) is 0 Å². The molecular weight excluding hydrogens is 332 g/mol. The number of carbonyl (C=O) groups is 1. The van der Waals surface area contributed by atoms with Gasteiger partial charge in [-0.05, 0) is 23.3 Å². The van der Waals surface area contributed by atoms with Gasteiger partial charge < -0.3 is 14.8 Å². The van der Waals surface area contributed by atoms with Crippen LogP contribution >= 0.6 is 0 Å². The Balaban J connectivity index is 1.75. The van der Waals surface area contributed by atoms with E-state index in [-0.39, 0.29) is 5.91 Å². The lowest BCUT2D eigenvalue weighted by atomic mass is 10.1. The van der Waals surface area contributed by atoms with E-state index in [2.05, 4.69) is 15.4 Å². The topological polar surface area (TPSA) is 78.3 Å². The molecule has 7 nitrogen and oxygen atoms in total. The van der Waals surface area contributed by atoms with Gasteiger partial charge in [0.25, 0.3) is 5.91 Å². The van der Waals surface area contributed by atoms with Gasteiger partial charge in [-0.25, -0.2) is 9.67 Å². The average Bonchev–Trinajstić information content (AvgIpc) is 3.19. The second kappa shape index (κ2) is 8.15. The fourth-order valence-corrected chi connectivity index (χ4v) is 2.71. The molecule has 0 unspecified atom stereocenters. The van der Waals surface area contributed by atoms with Gasteiger partial charge in [-0.3, -0.25) is 4.79 Å². The molecule has 3 rings (SSSR count). The highest BCUT2D eigenvalue weighted by Crippen LogP contribution is 2.30. The highest BCUT2D eigenvalue weighted by molar-refractivity contribution is 5.97. The third-order valence-electron chi connectivity index (χ3n) is 4.00. The molecule has 0 fully saturated rings. The van der Waals surface area contributed by atoms with Crippen LogP contribution in [0, 0.1) is 0 Å². The Morgan fingerprint density at radius 3 is 2.58 bits per heavy atom. The first-order valence-corrected chi connectivity index (χ1v) is 8.11. The number of nitrogens with one attached hydrogen (secondary N) is 1. The van der Waals surface area contributed by atoms with Crippen molar-refractivity contribution >= 4 is 5.91 Å². The Bertz CT molecular complexity index is 878. The lowest BCUT2D eigenvalue weighted by Crippen LogP contribution is -2.24. The van der Waals surface area contributed by atoms with E-state index in [1.54, 1.807) is 36.3 Å². The predicted octanol–water partition coefficient (Wildman–Crippen LogP) is 2.27. The monoisotopic (exact) mass is 352 g/mol. The van der Waals surface area contributed by atoms with Gasteiger partial charge in [-0.2, -0.15) is 5.10 Å². The van der Waals surface area contributed by atoms with Crippen LogP contribution in [-0.2, 0) is 13.1 Å². The second-order valence-corrected chi connectivity index (χ2v) is 5.59. The number of ether oxygens (including phenoxy) is 2. The molecule has 1 N–H and O–H groups in total. The molecule has 0 aliphatic rings. The van der Waals surface area contributed by atoms with Crippen molar-refractivity contribution in [1.82, 2.24) is 20.1 Å². The van der Waals surface area contributed by atoms with E-state index in [0.717, 1.165) is 11.1 Å². The minimum atomic E-state index is -0.226. The standard InChI is InChI=1S/C19H20N4O3/c1-25-17-9-5-8-16(18(17)26-2)19(24)21-10-14-6-3-4-7-15(14)11-23-13-20-12-22-23/h3-9,12-13H,10-11H2,1-2H3,(H,21,24). The SMILES string of the molecule is COc1cccc(C(=O)NCc2ccccc2Cn2cncn2)c1OC. The van der Waals surface area contributed by atoms with Crippen LogP contribution in [-0.4, -0.2) is 34.9 Å². The molecule has 0 saturated carbocycles. The van der Waals surface area contributed by atoms with E-state index in [4.69, 9.17) is 9.47 Å². The Kier molecular flexibility index (Phi) is 5.48. The summed E-state index contributed by atoms with van der Waals surface area (Å²) >= 11 is 0. The van der Waals surface area contributed by atoms with Crippen LogP contribution in [0.4, 0.5) is 0 Å². The molecule has 0 aliphatic carbocycles. The number of benzene rings is 2. The lowest BCUT2D eigenvalue weighted by Gasteiger charge is -2.14. The number of methoxy groups -OCH3 is 2. The highest BCUT2D eigenvalue weighted by Gasteiger charge is 2.16. The van der Waals surface area contributed by atoms with Crippen LogP contribution in [0.25, 0.3) is 0 Å². The third-order valence-corrected chi connectivity index (χ3v) is 4.00. The molecule has 0 atom stereocenters. The van der Waals surface area contributed by atoms with E-state index in [1.807, 2.05) is 24.3 Å². The number of aromatic nitrogens is 3. The van der Waals surface area contributed by atoms with Crippen LogP contribution in [0.2, 0.25) is 0 Å². The molecule has 1 amide bonds. The summed E-state index contributed by atoms with van der Waals surface area (Å²) in [6, 6.07) is 13.1. The maximum atomic E-state index is 12.6. The zero-order chi connectivity index (χ0) is 18.4. The smallest absolute Gasteiger partial charge is 0.255 e. The average molecular weight is 352 g/mol. The van der Waals surface area contributed by atoms with Crippen LogP contribution in [0.3, 0.4) is 0 Å². The maximum absolute atomic E-state index is 12.6. The van der Waals surface area contributed by atoms with Gasteiger partial charge in [0, 0.05) is 6.54 Å². The van der Waals surface area contributed by atoms with Gasteiger partial charge in [0.2, 0.25) is 0 Å². The van der Waals surface area contributed by atoms with Crippen molar-refractivity contribution in [3.8, 4) is 11.5 Å². The molecule has 0 aliphatic heterocycles. The number of carbonyl (C=O) groups excluding carboxylic acids is 1. The minimum Gasteiger partial charge on any atom is -0.493 e. The molecule has 0 radical (unpaired) electrons. The number of hydrogen-bond acceptors (Lipinski definition) is 5. The Morgan fingerprint density at radius 1 is 1.08 bits per heavy atom. The molecule has 3 aromatic rings. The van der Waals surface area contributed by atoms with Crippen molar-refractivity contribution in [3.05, 3.63) is 71.8 Å². The first-order chi connectivity index (χ1) is 12.7. The van der Waals surface area contributed by atoms with Crippen LogP contribution < -0.4 is 14.8 Å². The molecule has 134 valence electrons. The van der Waals surface area contributed by atoms with Crippen molar-refractivity contribution in [3.63, 3.8) is 0 Å². The van der Waals surface area contributed by atoms with Crippen molar-refractivity contribution in [2.75, 3.05) is 14.2 Å². The summed E-state index contributed by atoms with van der Waals surface area (Å²) < 4.78 is 12.3. The first kappa shape index (κ1) is 17.5. The summed E-state index contributed by atoms with van der Waals surface area (Å²) in [5, 5.41) is 7.07. The van der Waals surface area contributed by atoms with E-state index >= 15 is 0 Å². The normalized spacial score (nSPS) is 10.4. The van der Waals surface area contributed by atoms with E-state index in [0.29, 0.717) is 30.2 Å². The molecule has 0 saturated heterocycles. The van der Waals surface area contributed by atoms with Gasteiger partial charge in [-0.1, -0.05) is 30.3 Å². The maximum Gasteiger partial charge on any atom is 0.255 e. The van der Waals surface area contributed by atoms with Crippen LogP contribution in [0.1, 0.15) is 21.5 Å². The van der Waals surface area contributed by atoms with Crippen LogP contribution in [0.5, 0.6) is 11.5 Å². The Morgan fingerprint density at radius 2 is 1.88 bits per heavy atom. The number of nitrogens with zero attached hydrogens (tertiary/aromatic N) is 3. The summed E-state index contributed by atoms with van der Waals surface area (Å²) in [5.41, 5.74) is 2.51. The quantitative estimate of drug-likeness (QED) is 0.706. The predicted molar refractivity (Wildman–Crippen MR) is 96.3 cm³/mol. The van der Waals surface area contributed by atoms with Crippen molar-refractivity contribution < 1.29 is 14.3 Å². The van der Waals surface area contributed by atoms with Crippen molar-refractivity contribution in [1.29, 1.82) is 0 Å². The molecule has 2 aromatic carbocycles. The summed E-state index contributed by atoms with van der Waals surface area (Å²) in [6.07, 6.45) is 3.16.